The molecule has 0 amide bonds. The summed E-state index contributed by atoms with van der Waals surface area (Å²) in [6, 6.07) is 6.94. The lowest BCUT2D eigenvalue weighted by atomic mass is 10.0. The molecule has 1 aromatic heterocycles. The van der Waals surface area contributed by atoms with Gasteiger partial charge in [0.2, 0.25) is 5.89 Å². The molecule has 2 heterocycles. The normalized spacial score (nSPS) is 22.9. The Bertz CT molecular complexity index is 655. The molecule has 1 atom stereocenters. The van der Waals surface area contributed by atoms with Gasteiger partial charge in [-0.2, -0.15) is 4.98 Å². The Morgan fingerprint density at radius 3 is 3.09 bits per heavy atom. The van der Waals surface area contributed by atoms with Crippen molar-refractivity contribution in [3.8, 4) is 0 Å². The van der Waals surface area contributed by atoms with Crippen molar-refractivity contribution >= 4 is 0 Å². The van der Waals surface area contributed by atoms with Crippen LogP contribution in [-0.4, -0.2) is 34.7 Å². The first-order valence-corrected chi connectivity index (χ1v) is 7.82. The first-order chi connectivity index (χ1) is 10.8. The van der Waals surface area contributed by atoms with E-state index in [-0.39, 0.29) is 11.9 Å². The maximum Gasteiger partial charge on any atom is 0.240 e. The molecule has 1 saturated carbocycles. The molecule has 1 N–H and O–H groups in total. The van der Waals surface area contributed by atoms with Crippen LogP contribution in [0.15, 0.2) is 28.8 Å². The molecule has 6 heteroatoms. The third-order valence-corrected chi connectivity index (χ3v) is 4.35. The van der Waals surface area contributed by atoms with Gasteiger partial charge in [-0.15, -0.1) is 0 Å². The van der Waals surface area contributed by atoms with Gasteiger partial charge >= 0.3 is 0 Å². The van der Waals surface area contributed by atoms with Gasteiger partial charge in [0.1, 0.15) is 5.82 Å². The van der Waals surface area contributed by atoms with Crippen molar-refractivity contribution in [3.63, 3.8) is 0 Å². The average Bonchev–Trinajstić information content (AvgIpc) is 3.28. The van der Waals surface area contributed by atoms with Crippen molar-refractivity contribution in [2.24, 2.45) is 0 Å². The molecule has 1 unspecified atom stereocenters. The third-order valence-electron chi connectivity index (χ3n) is 4.35. The van der Waals surface area contributed by atoms with E-state index < -0.39 is 0 Å². The minimum absolute atomic E-state index is 0.126. The Hall–Kier alpha value is -1.79. The van der Waals surface area contributed by atoms with Crippen LogP contribution in [0.3, 0.4) is 0 Å². The molecule has 22 heavy (non-hydrogen) atoms. The van der Waals surface area contributed by atoms with Crippen LogP contribution >= 0.6 is 0 Å². The number of piperazine rings is 1. The first kappa shape index (κ1) is 13.8. The zero-order valence-electron chi connectivity index (χ0n) is 12.3. The van der Waals surface area contributed by atoms with E-state index in [2.05, 4.69) is 20.4 Å². The minimum Gasteiger partial charge on any atom is -0.338 e. The predicted octanol–water partition coefficient (Wildman–Crippen LogP) is 2.23. The standard InChI is InChI=1S/C16H19FN4O/c17-13-3-1-2-12(8-13)14-9-18-6-7-21(14)10-15-19-16(20-22-15)11-4-5-11/h1-3,8,11,14,18H,4-7,9-10H2. The quantitative estimate of drug-likeness (QED) is 0.938. The summed E-state index contributed by atoms with van der Waals surface area (Å²) in [5, 5.41) is 7.44. The summed E-state index contributed by atoms with van der Waals surface area (Å²) >= 11 is 0. The predicted molar refractivity (Wildman–Crippen MR) is 78.7 cm³/mol. The van der Waals surface area contributed by atoms with E-state index in [1.165, 1.54) is 18.9 Å². The molecule has 1 saturated heterocycles. The van der Waals surface area contributed by atoms with Crippen molar-refractivity contribution in [3.05, 3.63) is 47.4 Å². The molecular formula is C16H19FN4O. The maximum absolute atomic E-state index is 13.5. The van der Waals surface area contributed by atoms with Gasteiger partial charge in [0.15, 0.2) is 5.82 Å². The Kier molecular flexibility index (Phi) is 3.63. The molecule has 2 aliphatic rings. The lowest BCUT2D eigenvalue weighted by molar-refractivity contribution is 0.135. The summed E-state index contributed by atoms with van der Waals surface area (Å²) in [7, 11) is 0. The van der Waals surface area contributed by atoms with Gasteiger partial charge in [-0.05, 0) is 30.5 Å². The largest absolute Gasteiger partial charge is 0.338 e. The van der Waals surface area contributed by atoms with Gasteiger partial charge in [-0.1, -0.05) is 17.3 Å². The molecule has 1 aromatic carbocycles. The summed E-state index contributed by atoms with van der Waals surface area (Å²) < 4.78 is 18.9. The average molecular weight is 302 g/mol. The molecule has 0 spiro atoms. The highest BCUT2D eigenvalue weighted by Crippen LogP contribution is 2.38. The van der Waals surface area contributed by atoms with Crippen LogP contribution in [0.2, 0.25) is 0 Å². The second-order valence-corrected chi connectivity index (χ2v) is 6.07. The molecule has 0 bridgehead atoms. The topological polar surface area (TPSA) is 54.2 Å². The lowest BCUT2D eigenvalue weighted by Gasteiger charge is -2.35. The fourth-order valence-electron chi connectivity index (χ4n) is 2.99. The molecule has 5 nitrogen and oxygen atoms in total. The summed E-state index contributed by atoms with van der Waals surface area (Å²) in [6.45, 7) is 3.20. The third kappa shape index (κ3) is 2.89. The monoisotopic (exact) mass is 302 g/mol. The summed E-state index contributed by atoms with van der Waals surface area (Å²) in [5.41, 5.74) is 0.981. The van der Waals surface area contributed by atoms with E-state index in [1.807, 2.05) is 6.07 Å². The molecule has 2 fully saturated rings. The molecule has 4 rings (SSSR count). The number of aromatic nitrogens is 2. The zero-order chi connectivity index (χ0) is 14.9. The van der Waals surface area contributed by atoms with E-state index in [1.54, 1.807) is 12.1 Å². The highest BCUT2D eigenvalue weighted by Gasteiger charge is 2.30. The van der Waals surface area contributed by atoms with Crippen LogP contribution in [0.4, 0.5) is 4.39 Å². The Labute approximate surface area is 128 Å². The summed E-state index contributed by atoms with van der Waals surface area (Å²) in [4.78, 5) is 6.77. The molecule has 1 aliphatic carbocycles. The lowest BCUT2D eigenvalue weighted by Crippen LogP contribution is -2.45. The van der Waals surface area contributed by atoms with Crippen LogP contribution < -0.4 is 5.32 Å². The van der Waals surface area contributed by atoms with Crippen LogP contribution in [0.1, 0.15) is 42.1 Å². The number of benzene rings is 1. The van der Waals surface area contributed by atoms with Gasteiger partial charge in [0.05, 0.1) is 6.54 Å². The maximum atomic E-state index is 13.5. The smallest absolute Gasteiger partial charge is 0.240 e. The zero-order valence-corrected chi connectivity index (χ0v) is 12.3. The molecule has 116 valence electrons. The van der Waals surface area contributed by atoms with Gasteiger partial charge in [0.25, 0.3) is 0 Å². The second kappa shape index (κ2) is 5.78. The van der Waals surface area contributed by atoms with Crippen LogP contribution in [0.5, 0.6) is 0 Å². The fourth-order valence-corrected chi connectivity index (χ4v) is 2.99. The van der Waals surface area contributed by atoms with Crippen molar-refractivity contribution in [2.45, 2.75) is 31.3 Å². The number of nitrogens with one attached hydrogen (secondary N) is 1. The molecule has 1 aliphatic heterocycles. The summed E-state index contributed by atoms with van der Waals surface area (Å²) in [6.07, 6.45) is 2.33. The molecule has 0 radical (unpaired) electrons. The van der Waals surface area contributed by atoms with Gasteiger partial charge in [-0.25, -0.2) is 4.39 Å². The second-order valence-electron chi connectivity index (χ2n) is 6.07. The highest BCUT2D eigenvalue weighted by atomic mass is 19.1. The van der Waals surface area contributed by atoms with E-state index in [0.717, 1.165) is 31.0 Å². The number of hydrogen-bond acceptors (Lipinski definition) is 5. The Morgan fingerprint density at radius 1 is 1.36 bits per heavy atom. The van der Waals surface area contributed by atoms with E-state index in [4.69, 9.17) is 4.52 Å². The fraction of sp³-hybridized carbons (Fsp3) is 0.500. The minimum atomic E-state index is -0.197. The van der Waals surface area contributed by atoms with E-state index in [9.17, 15) is 4.39 Å². The Morgan fingerprint density at radius 2 is 2.27 bits per heavy atom. The van der Waals surface area contributed by atoms with Gasteiger partial charge < -0.3 is 9.84 Å². The number of hydrogen-bond donors (Lipinski definition) is 1. The van der Waals surface area contributed by atoms with Gasteiger partial charge in [-0.3, -0.25) is 4.90 Å². The number of nitrogens with zero attached hydrogens (tertiary/aromatic N) is 3. The van der Waals surface area contributed by atoms with Crippen molar-refractivity contribution in [2.75, 3.05) is 19.6 Å². The van der Waals surface area contributed by atoms with Crippen molar-refractivity contribution in [1.29, 1.82) is 0 Å². The number of rotatable bonds is 4. The first-order valence-electron chi connectivity index (χ1n) is 7.82. The van der Waals surface area contributed by atoms with Crippen LogP contribution in [0.25, 0.3) is 0 Å². The molecular weight excluding hydrogens is 283 g/mol. The van der Waals surface area contributed by atoms with Gasteiger partial charge in [0, 0.05) is 31.6 Å². The summed E-state index contributed by atoms with van der Waals surface area (Å²) in [5.74, 6) is 1.80. The van der Waals surface area contributed by atoms with Crippen molar-refractivity contribution < 1.29 is 8.91 Å². The Balaban J connectivity index is 1.52. The van der Waals surface area contributed by atoms with Crippen LogP contribution in [0, 0.1) is 5.82 Å². The van der Waals surface area contributed by atoms with Crippen LogP contribution in [-0.2, 0) is 6.54 Å². The highest BCUT2D eigenvalue weighted by molar-refractivity contribution is 5.21. The van der Waals surface area contributed by atoms with E-state index >= 15 is 0 Å². The number of halogens is 1. The van der Waals surface area contributed by atoms with Crippen molar-refractivity contribution in [1.82, 2.24) is 20.4 Å². The SMILES string of the molecule is Fc1cccc(C2CNCCN2Cc2nc(C3CC3)no2)c1. The van der Waals surface area contributed by atoms with E-state index in [0.29, 0.717) is 18.4 Å². The molecule has 2 aromatic rings.